The third kappa shape index (κ3) is 4.11. The van der Waals surface area contributed by atoms with Gasteiger partial charge in [0.1, 0.15) is 13.2 Å². The molecule has 0 unspecified atom stereocenters. The molecule has 0 saturated heterocycles. The van der Waals surface area contributed by atoms with Crippen molar-refractivity contribution in [3.8, 4) is 11.5 Å². The summed E-state index contributed by atoms with van der Waals surface area (Å²) in [4.78, 5) is 0. The third-order valence-electron chi connectivity index (χ3n) is 2.97. The van der Waals surface area contributed by atoms with E-state index in [9.17, 15) is 8.42 Å². The van der Waals surface area contributed by atoms with Gasteiger partial charge >= 0.3 is 0 Å². The van der Waals surface area contributed by atoms with Gasteiger partial charge in [-0.15, -0.1) is 0 Å². The number of ether oxygens (including phenoxy) is 2. The highest BCUT2D eigenvalue weighted by Gasteiger charge is 2.11. The zero-order valence-electron chi connectivity index (χ0n) is 11.0. The summed E-state index contributed by atoms with van der Waals surface area (Å²) < 4.78 is 33.6. The van der Waals surface area contributed by atoms with Crippen LogP contribution in [0, 0.1) is 0 Å². The van der Waals surface area contributed by atoms with Gasteiger partial charge in [-0.25, -0.2) is 8.42 Å². The molecular weight excluding hydrogens is 266 g/mol. The minimum Gasteiger partial charge on any atom is -0.486 e. The van der Waals surface area contributed by atoms with Crippen LogP contribution in [0.3, 0.4) is 0 Å². The second kappa shape index (κ2) is 6.25. The monoisotopic (exact) mass is 285 g/mol. The van der Waals surface area contributed by atoms with Gasteiger partial charge in [-0.2, -0.15) is 0 Å². The van der Waals surface area contributed by atoms with Crippen molar-refractivity contribution < 1.29 is 17.9 Å². The Morgan fingerprint density at radius 1 is 1.21 bits per heavy atom. The Morgan fingerprint density at radius 3 is 2.68 bits per heavy atom. The molecule has 1 aromatic carbocycles. The van der Waals surface area contributed by atoms with Crippen LogP contribution in [-0.2, 0) is 16.4 Å². The SMILES string of the molecule is CCS(=O)(=O)CCNCc1ccc2c(c1)OCCO2. The number of hydrogen-bond donors (Lipinski definition) is 1. The zero-order chi connectivity index (χ0) is 13.7. The van der Waals surface area contributed by atoms with E-state index < -0.39 is 9.84 Å². The number of hydrogen-bond acceptors (Lipinski definition) is 5. The summed E-state index contributed by atoms with van der Waals surface area (Å²) in [6.45, 7) is 3.90. The molecule has 0 fully saturated rings. The van der Waals surface area contributed by atoms with Crippen molar-refractivity contribution in [2.45, 2.75) is 13.5 Å². The standard InChI is InChI=1S/C13H19NO4S/c1-2-19(15,16)8-5-14-10-11-3-4-12-13(9-11)18-7-6-17-12/h3-4,9,14H,2,5-8,10H2,1H3. The van der Waals surface area contributed by atoms with E-state index in [1.54, 1.807) is 6.92 Å². The molecule has 0 radical (unpaired) electrons. The lowest BCUT2D eigenvalue weighted by Gasteiger charge is -2.19. The van der Waals surface area contributed by atoms with Crippen LogP contribution in [0.15, 0.2) is 18.2 Å². The summed E-state index contributed by atoms with van der Waals surface area (Å²) in [7, 11) is -2.90. The van der Waals surface area contributed by atoms with Gasteiger partial charge in [-0.05, 0) is 17.7 Å². The first-order valence-corrected chi connectivity index (χ1v) is 8.22. The Morgan fingerprint density at radius 2 is 1.95 bits per heavy atom. The summed E-state index contributed by atoms with van der Waals surface area (Å²) in [5, 5.41) is 3.12. The van der Waals surface area contributed by atoms with Crippen LogP contribution in [0.4, 0.5) is 0 Å². The molecule has 0 amide bonds. The highest BCUT2D eigenvalue weighted by Crippen LogP contribution is 2.30. The number of benzene rings is 1. The minimum atomic E-state index is -2.90. The average molecular weight is 285 g/mol. The van der Waals surface area contributed by atoms with E-state index in [1.165, 1.54) is 0 Å². The molecule has 0 aromatic heterocycles. The Balaban J connectivity index is 1.83. The number of fused-ring (bicyclic) bond motifs is 1. The van der Waals surface area contributed by atoms with E-state index in [2.05, 4.69) is 5.32 Å². The predicted octanol–water partition coefficient (Wildman–Crippen LogP) is 0.982. The van der Waals surface area contributed by atoms with Crippen molar-refractivity contribution >= 4 is 9.84 Å². The van der Waals surface area contributed by atoms with Crippen molar-refractivity contribution in [2.24, 2.45) is 0 Å². The van der Waals surface area contributed by atoms with Gasteiger partial charge in [0.15, 0.2) is 21.3 Å². The fourth-order valence-corrected chi connectivity index (χ4v) is 2.55. The van der Waals surface area contributed by atoms with Gasteiger partial charge < -0.3 is 14.8 Å². The minimum absolute atomic E-state index is 0.175. The van der Waals surface area contributed by atoms with Gasteiger partial charge in [0.05, 0.1) is 5.75 Å². The summed E-state index contributed by atoms with van der Waals surface area (Å²) in [6.07, 6.45) is 0. The molecule has 1 heterocycles. The Labute approximate surface area is 113 Å². The first kappa shape index (κ1) is 14.1. The van der Waals surface area contributed by atoms with Crippen molar-refractivity contribution in [3.05, 3.63) is 23.8 Å². The van der Waals surface area contributed by atoms with Crippen LogP contribution in [0.25, 0.3) is 0 Å². The molecule has 1 aliphatic heterocycles. The smallest absolute Gasteiger partial charge is 0.161 e. The lowest BCUT2D eigenvalue weighted by molar-refractivity contribution is 0.171. The van der Waals surface area contributed by atoms with Gasteiger partial charge in [-0.3, -0.25) is 0 Å². The maximum Gasteiger partial charge on any atom is 0.161 e. The molecule has 0 aliphatic carbocycles. The molecule has 1 aromatic rings. The quantitative estimate of drug-likeness (QED) is 0.789. The number of sulfone groups is 1. The Hall–Kier alpha value is -1.27. The fourth-order valence-electron chi connectivity index (χ4n) is 1.80. The first-order chi connectivity index (χ1) is 9.11. The van der Waals surface area contributed by atoms with Gasteiger partial charge in [0.2, 0.25) is 0 Å². The lowest BCUT2D eigenvalue weighted by atomic mass is 10.2. The third-order valence-corrected chi connectivity index (χ3v) is 4.67. The second-order valence-electron chi connectivity index (χ2n) is 4.39. The maximum absolute atomic E-state index is 11.3. The molecular formula is C13H19NO4S. The molecule has 0 spiro atoms. The first-order valence-electron chi connectivity index (χ1n) is 6.40. The molecule has 2 rings (SSSR count). The van der Waals surface area contributed by atoms with Crippen molar-refractivity contribution in [1.29, 1.82) is 0 Å². The van der Waals surface area contributed by atoms with Gasteiger partial charge in [0.25, 0.3) is 0 Å². The summed E-state index contributed by atoms with van der Waals surface area (Å²) in [5.74, 6) is 1.89. The molecule has 106 valence electrons. The van der Waals surface area contributed by atoms with E-state index in [4.69, 9.17) is 9.47 Å². The van der Waals surface area contributed by atoms with Crippen LogP contribution in [0.2, 0.25) is 0 Å². The average Bonchev–Trinajstić information content (AvgIpc) is 2.43. The van der Waals surface area contributed by atoms with Gasteiger partial charge in [-0.1, -0.05) is 13.0 Å². The maximum atomic E-state index is 11.3. The lowest BCUT2D eigenvalue weighted by Crippen LogP contribution is -2.23. The Bertz CT molecular complexity index is 527. The summed E-state index contributed by atoms with van der Waals surface area (Å²) in [5.41, 5.74) is 1.05. The van der Waals surface area contributed by atoms with Gasteiger partial charge in [0, 0.05) is 18.8 Å². The van der Waals surface area contributed by atoms with Crippen molar-refractivity contribution in [2.75, 3.05) is 31.3 Å². The molecule has 5 nitrogen and oxygen atoms in total. The van der Waals surface area contributed by atoms with E-state index >= 15 is 0 Å². The van der Waals surface area contributed by atoms with Crippen LogP contribution in [0.1, 0.15) is 12.5 Å². The molecule has 1 aliphatic rings. The molecule has 19 heavy (non-hydrogen) atoms. The fraction of sp³-hybridized carbons (Fsp3) is 0.538. The largest absolute Gasteiger partial charge is 0.486 e. The molecule has 6 heteroatoms. The van der Waals surface area contributed by atoms with Crippen LogP contribution in [-0.4, -0.2) is 39.7 Å². The van der Waals surface area contributed by atoms with E-state index in [-0.39, 0.29) is 11.5 Å². The zero-order valence-corrected chi connectivity index (χ0v) is 11.8. The predicted molar refractivity (Wildman–Crippen MR) is 73.5 cm³/mol. The Kier molecular flexibility index (Phi) is 4.66. The molecule has 0 saturated carbocycles. The highest BCUT2D eigenvalue weighted by atomic mass is 32.2. The topological polar surface area (TPSA) is 64.6 Å². The van der Waals surface area contributed by atoms with Crippen molar-refractivity contribution in [3.63, 3.8) is 0 Å². The van der Waals surface area contributed by atoms with E-state index in [0.717, 1.165) is 17.1 Å². The van der Waals surface area contributed by atoms with Crippen LogP contribution in [0.5, 0.6) is 11.5 Å². The summed E-state index contributed by atoms with van der Waals surface area (Å²) >= 11 is 0. The second-order valence-corrected chi connectivity index (χ2v) is 6.86. The van der Waals surface area contributed by atoms with Crippen LogP contribution >= 0.6 is 0 Å². The highest BCUT2D eigenvalue weighted by molar-refractivity contribution is 7.91. The molecule has 0 atom stereocenters. The normalized spacial score (nSPS) is 14.4. The number of nitrogens with one attached hydrogen (secondary N) is 1. The molecule has 0 bridgehead atoms. The van der Waals surface area contributed by atoms with Crippen LogP contribution < -0.4 is 14.8 Å². The number of rotatable bonds is 6. The molecule has 1 N–H and O–H groups in total. The van der Waals surface area contributed by atoms with E-state index in [0.29, 0.717) is 26.3 Å². The summed E-state index contributed by atoms with van der Waals surface area (Å²) in [6, 6.07) is 5.76. The van der Waals surface area contributed by atoms with Crippen molar-refractivity contribution in [1.82, 2.24) is 5.32 Å². The van der Waals surface area contributed by atoms with E-state index in [1.807, 2.05) is 18.2 Å².